The van der Waals surface area contributed by atoms with E-state index < -0.39 is 0 Å². The van der Waals surface area contributed by atoms with E-state index in [1.165, 1.54) is 22.3 Å². The number of hydrogen-bond donors (Lipinski definition) is 2. The van der Waals surface area contributed by atoms with Crippen molar-refractivity contribution in [3.63, 3.8) is 0 Å². The summed E-state index contributed by atoms with van der Waals surface area (Å²) in [5, 5.41) is 16.7. The minimum Gasteiger partial charge on any atom is -0.351 e. The van der Waals surface area contributed by atoms with Gasteiger partial charge < -0.3 is 10.2 Å². The van der Waals surface area contributed by atoms with Crippen molar-refractivity contribution >= 4 is 11.9 Å². The van der Waals surface area contributed by atoms with E-state index in [2.05, 4.69) is 74.5 Å². The Morgan fingerprint density at radius 2 is 1.70 bits per heavy atom. The summed E-state index contributed by atoms with van der Waals surface area (Å²) in [4.78, 5) is 27.1. The molecule has 11 nitrogen and oxygen atoms in total. The highest BCUT2D eigenvalue weighted by atomic mass is 16.2. The largest absolute Gasteiger partial charge is 0.351 e. The number of hydrogen-bond acceptors (Lipinski definition) is 9. The second-order valence-electron chi connectivity index (χ2n) is 12.4. The van der Waals surface area contributed by atoms with Crippen LogP contribution in [0.2, 0.25) is 0 Å². The first-order valence-corrected chi connectivity index (χ1v) is 15.6. The number of fused-ring (bicyclic) bond motifs is 3. The maximum atomic E-state index is 13.4. The van der Waals surface area contributed by atoms with Crippen LogP contribution in [0.4, 0.5) is 5.95 Å². The minimum atomic E-state index is 0.0288. The number of amides is 1. The molecule has 44 heavy (non-hydrogen) atoms. The molecule has 1 fully saturated rings. The molecule has 0 saturated carbocycles. The van der Waals surface area contributed by atoms with Gasteiger partial charge in [0.05, 0.1) is 11.7 Å². The predicted molar refractivity (Wildman–Crippen MR) is 166 cm³/mol. The molecule has 4 aliphatic rings. The average molecular weight is 589 g/mol. The molecule has 1 amide bonds. The molecule has 5 heterocycles. The molecule has 2 atom stereocenters. The first kappa shape index (κ1) is 26.9. The molecular weight excluding hydrogens is 552 g/mol. The number of carbonyl (C=O) groups excluding carboxylic acids is 1. The van der Waals surface area contributed by atoms with Crippen molar-refractivity contribution in [3.8, 4) is 11.1 Å². The lowest BCUT2D eigenvalue weighted by Crippen LogP contribution is -2.50. The van der Waals surface area contributed by atoms with Gasteiger partial charge in [0.2, 0.25) is 11.9 Å². The van der Waals surface area contributed by atoms with Crippen molar-refractivity contribution in [3.05, 3.63) is 95.1 Å². The number of likely N-dealkylation sites (tertiary alicyclic amines) is 1. The van der Waals surface area contributed by atoms with Crippen LogP contribution in [-0.4, -0.2) is 73.2 Å². The van der Waals surface area contributed by atoms with Gasteiger partial charge >= 0.3 is 0 Å². The molecular formula is C33H36N10O. The van der Waals surface area contributed by atoms with Gasteiger partial charge in [0.25, 0.3) is 0 Å². The normalized spacial score (nSPS) is 21.0. The quantitative estimate of drug-likeness (QED) is 0.340. The Morgan fingerprint density at radius 1 is 0.955 bits per heavy atom. The van der Waals surface area contributed by atoms with Crippen LogP contribution >= 0.6 is 0 Å². The van der Waals surface area contributed by atoms with Gasteiger partial charge in [0.1, 0.15) is 12.6 Å². The summed E-state index contributed by atoms with van der Waals surface area (Å²) in [5.41, 5.74) is 11.4. The van der Waals surface area contributed by atoms with Gasteiger partial charge in [0.15, 0.2) is 0 Å². The summed E-state index contributed by atoms with van der Waals surface area (Å²) in [5.74, 6) is 0.677. The smallest absolute Gasteiger partial charge is 0.244 e. The highest BCUT2D eigenvalue weighted by Crippen LogP contribution is 2.28. The average Bonchev–Trinajstić information content (AvgIpc) is 3.79. The Bertz CT molecular complexity index is 1670. The van der Waals surface area contributed by atoms with E-state index in [1.807, 2.05) is 23.5 Å². The van der Waals surface area contributed by atoms with Crippen molar-refractivity contribution in [2.75, 3.05) is 25.0 Å². The first-order valence-electron chi connectivity index (χ1n) is 15.6. The van der Waals surface area contributed by atoms with Gasteiger partial charge in [0, 0.05) is 68.5 Å². The zero-order chi connectivity index (χ0) is 29.5. The molecule has 2 unspecified atom stereocenters. The summed E-state index contributed by atoms with van der Waals surface area (Å²) in [6.45, 7) is 3.99. The van der Waals surface area contributed by atoms with Crippen LogP contribution in [0.15, 0.2) is 77.5 Å². The van der Waals surface area contributed by atoms with Gasteiger partial charge in [-0.3, -0.25) is 19.8 Å². The molecule has 1 aliphatic carbocycles. The van der Waals surface area contributed by atoms with Crippen LogP contribution in [0.1, 0.15) is 34.4 Å². The van der Waals surface area contributed by atoms with E-state index in [0.29, 0.717) is 25.6 Å². The van der Waals surface area contributed by atoms with Gasteiger partial charge in [-0.25, -0.2) is 9.97 Å². The third kappa shape index (κ3) is 5.43. The maximum absolute atomic E-state index is 13.4. The molecule has 3 aliphatic heterocycles. The third-order valence-corrected chi connectivity index (χ3v) is 9.43. The fraction of sp³-hybridized carbons (Fsp3) is 0.394. The molecule has 11 heteroatoms. The number of piperidine rings is 1. The molecule has 2 aromatic heterocycles. The molecule has 4 aromatic rings. The summed E-state index contributed by atoms with van der Waals surface area (Å²) in [7, 11) is 0. The van der Waals surface area contributed by atoms with Gasteiger partial charge in [-0.1, -0.05) is 53.8 Å². The summed E-state index contributed by atoms with van der Waals surface area (Å²) < 4.78 is 1.79. The van der Waals surface area contributed by atoms with Crippen molar-refractivity contribution in [1.29, 1.82) is 0 Å². The van der Waals surface area contributed by atoms with E-state index in [1.54, 1.807) is 4.68 Å². The molecule has 0 bridgehead atoms. The van der Waals surface area contributed by atoms with Gasteiger partial charge in [-0.15, -0.1) is 0 Å². The molecule has 224 valence electrons. The van der Waals surface area contributed by atoms with E-state index in [0.717, 1.165) is 55.6 Å². The Balaban J connectivity index is 1.01. The number of nitrogens with one attached hydrogen (secondary N) is 2. The Hall–Kier alpha value is -4.64. The Labute approximate surface area is 256 Å². The second-order valence-corrected chi connectivity index (χ2v) is 12.4. The van der Waals surface area contributed by atoms with E-state index in [-0.39, 0.29) is 30.6 Å². The van der Waals surface area contributed by atoms with Crippen LogP contribution in [-0.2, 0) is 43.7 Å². The first-order chi connectivity index (χ1) is 21.6. The SMILES string of the molecule is O=C(Cn1cc(-c2cnc(NC3Cc4ccccc4C3)nc2)c(CN2CCc3ccccc3C2)n1)N1CCC2NN=NC2C1. The number of carbonyl (C=O) groups is 1. The second kappa shape index (κ2) is 11.5. The van der Waals surface area contributed by atoms with E-state index in [4.69, 9.17) is 15.1 Å². The van der Waals surface area contributed by atoms with Crippen LogP contribution in [0.25, 0.3) is 11.1 Å². The number of nitrogens with zero attached hydrogens (tertiary/aromatic N) is 8. The Kier molecular flexibility index (Phi) is 7.02. The predicted octanol–water partition coefficient (Wildman–Crippen LogP) is 3.42. The minimum absolute atomic E-state index is 0.0288. The van der Waals surface area contributed by atoms with Crippen molar-refractivity contribution in [2.24, 2.45) is 10.3 Å². The van der Waals surface area contributed by atoms with Crippen LogP contribution in [0.3, 0.4) is 0 Å². The standard InChI is InChI=1S/C33H36N10O/c44-32(42-12-10-29-31(20-42)38-40-37-29)21-43-18-28(30(39-43)19-41-11-9-22-5-1-4-8-25(22)17-41)26-15-34-33(35-16-26)36-27-13-23-6-2-3-7-24(23)14-27/h1-8,15-16,18,27,29,31H,9-14,17,19-21H2,(H,37,38)(H,34,35,36). The van der Waals surface area contributed by atoms with Crippen molar-refractivity contribution in [1.82, 2.24) is 35.0 Å². The zero-order valence-corrected chi connectivity index (χ0v) is 24.6. The summed E-state index contributed by atoms with van der Waals surface area (Å²) >= 11 is 0. The molecule has 0 spiro atoms. The molecule has 8 rings (SSSR count). The highest BCUT2D eigenvalue weighted by molar-refractivity contribution is 5.76. The molecule has 1 saturated heterocycles. The zero-order valence-electron chi connectivity index (χ0n) is 24.6. The lowest BCUT2D eigenvalue weighted by atomic mass is 9.99. The lowest BCUT2D eigenvalue weighted by molar-refractivity contribution is -0.133. The van der Waals surface area contributed by atoms with Gasteiger partial charge in [-0.05, 0) is 47.9 Å². The monoisotopic (exact) mass is 588 g/mol. The van der Waals surface area contributed by atoms with Crippen molar-refractivity contribution < 1.29 is 4.79 Å². The number of rotatable bonds is 7. The summed E-state index contributed by atoms with van der Waals surface area (Å²) in [6, 6.07) is 17.8. The fourth-order valence-corrected chi connectivity index (χ4v) is 7.03. The third-order valence-electron chi connectivity index (χ3n) is 9.43. The molecule has 2 N–H and O–H groups in total. The topological polar surface area (TPSA) is 116 Å². The number of benzene rings is 2. The van der Waals surface area contributed by atoms with Crippen LogP contribution in [0, 0.1) is 0 Å². The Morgan fingerprint density at radius 3 is 2.50 bits per heavy atom. The van der Waals surface area contributed by atoms with E-state index in [9.17, 15) is 4.79 Å². The van der Waals surface area contributed by atoms with Crippen molar-refractivity contribution in [2.45, 2.75) is 63.4 Å². The molecule has 2 aromatic carbocycles. The number of aromatic nitrogens is 4. The molecule has 0 radical (unpaired) electrons. The van der Waals surface area contributed by atoms with Crippen LogP contribution in [0.5, 0.6) is 0 Å². The highest BCUT2D eigenvalue weighted by Gasteiger charge is 2.34. The lowest BCUT2D eigenvalue weighted by Gasteiger charge is -2.32. The van der Waals surface area contributed by atoms with Crippen LogP contribution < -0.4 is 10.7 Å². The fourth-order valence-electron chi connectivity index (χ4n) is 7.03. The van der Waals surface area contributed by atoms with Gasteiger partial charge in [-0.2, -0.15) is 10.2 Å². The summed E-state index contributed by atoms with van der Waals surface area (Å²) in [6.07, 6.45) is 9.54. The maximum Gasteiger partial charge on any atom is 0.244 e. The number of anilines is 1. The van der Waals surface area contributed by atoms with E-state index >= 15 is 0 Å².